The molecule has 0 fully saturated rings. The van der Waals surface area contributed by atoms with E-state index in [1.165, 1.54) is 17.1 Å². The zero-order valence-electron chi connectivity index (χ0n) is 16.9. The zero-order valence-corrected chi connectivity index (χ0v) is 16.9. The Hall–Kier alpha value is -2.96. The van der Waals surface area contributed by atoms with Crippen molar-refractivity contribution in [2.75, 3.05) is 0 Å². The van der Waals surface area contributed by atoms with Crippen molar-refractivity contribution in [3.8, 4) is 5.69 Å². The van der Waals surface area contributed by atoms with Crippen LogP contribution in [0.2, 0.25) is 0 Å². The van der Waals surface area contributed by atoms with Crippen molar-refractivity contribution in [1.29, 1.82) is 0 Å². The standard InChI is InChI=1S/C21H27N5O2/c1-5-15(3)25(16(4)6-2)19(27)13-24-14-22-20-18(21(24)28)12-23-26(20)17-10-8-7-9-11-17/h7-12,14-16H,5-6,13H2,1-4H3/t15-,16+. The van der Waals surface area contributed by atoms with Crippen molar-refractivity contribution in [1.82, 2.24) is 24.2 Å². The molecular formula is C21H27N5O2. The van der Waals surface area contributed by atoms with Crippen LogP contribution in [0.25, 0.3) is 16.7 Å². The van der Waals surface area contributed by atoms with Crippen LogP contribution in [-0.4, -0.2) is 42.2 Å². The van der Waals surface area contributed by atoms with Crippen LogP contribution in [0.3, 0.4) is 0 Å². The Labute approximate surface area is 164 Å². The summed E-state index contributed by atoms with van der Waals surface area (Å²) in [5.74, 6) is -0.0672. The molecule has 1 amide bonds. The summed E-state index contributed by atoms with van der Waals surface area (Å²) in [6.07, 6.45) is 4.69. The van der Waals surface area contributed by atoms with Gasteiger partial charge in [0.15, 0.2) is 5.65 Å². The summed E-state index contributed by atoms with van der Waals surface area (Å²) < 4.78 is 3.01. The molecular weight excluding hydrogens is 354 g/mol. The summed E-state index contributed by atoms with van der Waals surface area (Å²) in [5, 5.41) is 4.71. The fraction of sp³-hybridized carbons (Fsp3) is 0.429. The van der Waals surface area contributed by atoms with E-state index in [0.717, 1.165) is 18.5 Å². The molecule has 0 unspecified atom stereocenters. The van der Waals surface area contributed by atoms with Crippen LogP contribution in [0.4, 0.5) is 0 Å². The summed E-state index contributed by atoms with van der Waals surface area (Å²) in [6, 6.07) is 9.77. The van der Waals surface area contributed by atoms with Gasteiger partial charge in [0.1, 0.15) is 18.3 Å². The summed E-state index contributed by atoms with van der Waals surface area (Å²) in [6.45, 7) is 8.18. The lowest BCUT2D eigenvalue weighted by atomic mass is 10.1. The number of carbonyl (C=O) groups is 1. The molecule has 0 radical (unpaired) electrons. The summed E-state index contributed by atoms with van der Waals surface area (Å²) >= 11 is 0. The molecule has 7 heteroatoms. The van der Waals surface area contributed by atoms with E-state index in [2.05, 4.69) is 23.9 Å². The second-order valence-electron chi connectivity index (χ2n) is 7.12. The number of amides is 1. The monoisotopic (exact) mass is 381 g/mol. The number of carbonyl (C=O) groups excluding carboxylic acids is 1. The Balaban J connectivity index is 1.93. The lowest BCUT2D eigenvalue weighted by Crippen LogP contribution is -2.46. The van der Waals surface area contributed by atoms with Crippen LogP contribution in [0, 0.1) is 0 Å². The van der Waals surface area contributed by atoms with Gasteiger partial charge in [0, 0.05) is 12.1 Å². The molecule has 2 heterocycles. The van der Waals surface area contributed by atoms with E-state index in [0.29, 0.717) is 11.0 Å². The number of benzene rings is 1. The number of nitrogens with zero attached hydrogens (tertiary/aromatic N) is 5. The number of rotatable bonds is 7. The minimum absolute atomic E-state index is 0.0209. The van der Waals surface area contributed by atoms with Gasteiger partial charge in [0.2, 0.25) is 5.91 Å². The molecule has 0 aliphatic heterocycles. The van der Waals surface area contributed by atoms with Crippen LogP contribution in [0.1, 0.15) is 40.5 Å². The Bertz CT molecular complexity index is 999. The van der Waals surface area contributed by atoms with Gasteiger partial charge >= 0.3 is 0 Å². The fourth-order valence-electron chi connectivity index (χ4n) is 3.37. The summed E-state index contributed by atoms with van der Waals surface area (Å²) in [7, 11) is 0. The molecule has 3 aromatic rings. The topological polar surface area (TPSA) is 73.0 Å². The molecule has 0 bridgehead atoms. The third-order valence-electron chi connectivity index (χ3n) is 5.28. The smallest absolute Gasteiger partial charge is 0.264 e. The molecule has 0 spiro atoms. The Morgan fingerprint density at radius 3 is 2.36 bits per heavy atom. The predicted octanol–water partition coefficient (Wildman–Crippen LogP) is 3.01. The van der Waals surface area contributed by atoms with Gasteiger partial charge in [0.25, 0.3) is 5.56 Å². The third-order valence-corrected chi connectivity index (χ3v) is 5.28. The number of para-hydroxylation sites is 1. The van der Waals surface area contributed by atoms with Gasteiger partial charge in [-0.15, -0.1) is 0 Å². The van der Waals surface area contributed by atoms with Crippen molar-refractivity contribution in [3.05, 3.63) is 53.2 Å². The molecule has 0 aliphatic rings. The quantitative estimate of drug-likeness (QED) is 0.631. The highest BCUT2D eigenvalue weighted by atomic mass is 16.2. The first-order valence-corrected chi connectivity index (χ1v) is 9.77. The van der Waals surface area contributed by atoms with Crippen molar-refractivity contribution < 1.29 is 4.79 Å². The Morgan fingerprint density at radius 2 is 1.75 bits per heavy atom. The number of aromatic nitrogens is 4. The van der Waals surface area contributed by atoms with Crippen molar-refractivity contribution >= 4 is 16.9 Å². The average Bonchev–Trinajstić information content (AvgIpc) is 3.15. The van der Waals surface area contributed by atoms with E-state index >= 15 is 0 Å². The largest absolute Gasteiger partial charge is 0.336 e. The predicted molar refractivity (Wildman–Crippen MR) is 109 cm³/mol. The van der Waals surface area contributed by atoms with Crippen LogP contribution >= 0.6 is 0 Å². The molecule has 1 aromatic carbocycles. The normalized spacial score (nSPS) is 13.4. The van der Waals surface area contributed by atoms with Crippen molar-refractivity contribution in [2.45, 2.75) is 59.2 Å². The minimum Gasteiger partial charge on any atom is -0.336 e. The zero-order chi connectivity index (χ0) is 20.3. The van der Waals surface area contributed by atoms with Crippen molar-refractivity contribution in [2.24, 2.45) is 0 Å². The maximum absolute atomic E-state index is 12.9. The Kier molecular flexibility index (Phi) is 5.92. The van der Waals surface area contributed by atoms with E-state index < -0.39 is 0 Å². The minimum atomic E-state index is -0.256. The lowest BCUT2D eigenvalue weighted by molar-refractivity contribution is -0.136. The maximum atomic E-state index is 12.9. The van der Waals surface area contributed by atoms with E-state index in [-0.39, 0.29) is 30.1 Å². The van der Waals surface area contributed by atoms with Gasteiger partial charge in [-0.3, -0.25) is 14.2 Å². The average molecular weight is 381 g/mol. The van der Waals surface area contributed by atoms with Crippen LogP contribution < -0.4 is 5.56 Å². The highest BCUT2D eigenvalue weighted by molar-refractivity contribution is 5.78. The van der Waals surface area contributed by atoms with E-state index in [1.54, 1.807) is 4.68 Å². The number of hydrogen-bond acceptors (Lipinski definition) is 4. The van der Waals surface area contributed by atoms with Crippen LogP contribution in [0.5, 0.6) is 0 Å². The Morgan fingerprint density at radius 1 is 1.11 bits per heavy atom. The van der Waals surface area contributed by atoms with E-state index in [9.17, 15) is 9.59 Å². The second-order valence-corrected chi connectivity index (χ2v) is 7.12. The SMILES string of the molecule is CC[C@@H](C)N(C(=O)Cn1cnc2c(cnn2-c2ccccc2)c1=O)[C@@H](C)CC. The molecule has 2 aromatic heterocycles. The molecule has 7 nitrogen and oxygen atoms in total. The van der Waals surface area contributed by atoms with Crippen LogP contribution in [-0.2, 0) is 11.3 Å². The van der Waals surface area contributed by atoms with Gasteiger partial charge in [-0.05, 0) is 38.8 Å². The fourth-order valence-corrected chi connectivity index (χ4v) is 3.37. The van der Waals surface area contributed by atoms with Gasteiger partial charge in [-0.1, -0.05) is 32.0 Å². The molecule has 28 heavy (non-hydrogen) atoms. The van der Waals surface area contributed by atoms with Gasteiger partial charge in [-0.2, -0.15) is 5.10 Å². The molecule has 0 N–H and O–H groups in total. The molecule has 148 valence electrons. The van der Waals surface area contributed by atoms with E-state index in [4.69, 9.17) is 0 Å². The molecule has 3 rings (SSSR count). The summed E-state index contributed by atoms with van der Waals surface area (Å²) in [5.41, 5.74) is 1.06. The lowest BCUT2D eigenvalue weighted by Gasteiger charge is -2.34. The first kappa shape index (κ1) is 19.8. The maximum Gasteiger partial charge on any atom is 0.264 e. The summed E-state index contributed by atoms with van der Waals surface area (Å²) in [4.78, 5) is 32.1. The molecule has 0 saturated heterocycles. The number of hydrogen-bond donors (Lipinski definition) is 0. The molecule has 0 saturated carbocycles. The van der Waals surface area contributed by atoms with E-state index in [1.807, 2.05) is 49.1 Å². The van der Waals surface area contributed by atoms with Gasteiger partial charge < -0.3 is 4.90 Å². The first-order chi connectivity index (χ1) is 13.5. The van der Waals surface area contributed by atoms with Gasteiger partial charge in [0.05, 0.1) is 11.9 Å². The van der Waals surface area contributed by atoms with Gasteiger partial charge in [-0.25, -0.2) is 9.67 Å². The van der Waals surface area contributed by atoms with Crippen LogP contribution in [0.15, 0.2) is 47.7 Å². The highest BCUT2D eigenvalue weighted by Crippen LogP contribution is 2.15. The third kappa shape index (κ3) is 3.69. The molecule has 2 atom stereocenters. The second kappa shape index (κ2) is 8.37. The van der Waals surface area contributed by atoms with Crippen molar-refractivity contribution in [3.63, 3.8) is 0 Å². The molecule has 0 aliphatic carbocycles. The first-order valence-electron chi connectivity index (χ1n) is 9.77. The highest BCUT2D eigenvalue weighted by Gasteiger charge is 2.24. The number of fused-ring (bicyclic) bond motifs is 1.